The molecule has 0 spiro atoms. The molecule has 0 heterocycles. The Kier molecular flexibility index (Phi) is 4.98. The van der Waals surface area contributed by atoms with Gasteiger partial charge < -0.3 is 9.84 Å². The highest BCUT2D eigenvalue weighted by Crippen LogP contribution is 2.37. The summed E-state index contributed by atoms with van der Waals surface area (Å²) in [6.07, 6.45) is 1.50. The van der Waals surface area contributed by atoms with E-state index in [1.807, 2.05) is 0 Å². The number of benzene rings is 2. The zero-order chi connectivity index (χ0) is 17.0. The maximum absolute atomic E-state index is 11.0. The van der Waals surface area contributed by atoms with Crippen molar-refractivity contribution in [2.45, 2.75) is 0 Å². The van der Waals surface area contributed by atoms with Crippen molar-refractivity contribution in [1.82, 2.24) is 0 Å². The van der Waals surface area contributed by atoms with Crippen LogP contribution in [0.3, 0.4) is 0 Å². The minimum atomic E-state index is -0.707. The molecule has 116 valence electrons. The van der Waals surface area contributed by atoms with Crippen LogP contribution in [-0.2, 0) is 0 Å². The largest absolute Gasteiger partial charge is 0.500 e. The number of phenols is 1. The zero-order valence-electron chi connectivity index (χ0n) is 12.0. The maximum atomic E-state index is 11.0. The summed E-state index contributed by atoms with van der Waals surface area (Å²) in [6, 6.07) is 11.8. The summed E-state index contributed by atoms with van der Waals surface area (Å²) in [7, 11) is 1.30. The predicted molar refractivity (Wildman–Crippen MR) is 88.9 cm³/mol. The molecular weight excluding hydrogens is 364 g/mol. The molecule has 23 heavy (non-hydrogen) atoms. The number of nitro benzene ring substituents is 1. The number of rotatable bonds is 4. The van der Waals surface area contributed by atoms with Crippen molar-refractivity contribution in [3.8, 4) is 17.6 Å². The van der Waals surface area contributed by atoms with Crippen LogP contribution in [0.4, 0.5) is 5.69 Å². The van der Waals surface area contributed by atoms with Gasteiger partial charge in [0, 0.05) is 10.5 Å². The standard InChI is InChI=1S/C16H11BrN2O4/c1-23-15-8-10(7-14(16(15)20)19(21)22)6-12(9-18)11-2-4-13(17)5-3-11/h2-8,20H,1H3. The van der Waals surface area contributed by atoms with Crippen molar-refractivity contribution in [1.29, 1.82) is 5.26 Å². The van der Waals surface area contributed by atoms with Gasteiger partial charge in [-0.1, -0.05) is 28.1 Å². The van der Waals surface area contributed by atoms with E-state index in [1.54, 1.807) is 24.3 Å². The Balaban J connectivity index is 2.56. The van der Waals surface area contributed by atoms with Crippen molar-refractivity contribution < 1.29 is 14.8 Å². The fraction of sp³-hybridized carbons (Fsp3) is 0.0625. The molecule has 0 atom stereocenters. The molecule has 0 amide bonds. The summed E-state index contributed by atoms with van der Waals surface area (Å²) in [4.78, 5) is 10.3. The predicted octanol–water partition coefficient (Wildman–Crippen LogP) is 4.14. The van der Waals surface area contributed by atoms with E-state index in [0.717, 1.165) is 4.47 Å². The van der Waals surface area contributed by atoms with Crippen LogP contribution >= 0.6 is 15.9 Å². The first kappa shape index (κ1) is 16.5. The normalized spacial score (nSPS) is 10.9. The second-order valence-corrected chi connectivity index (χ2v) is 5.44. The molecule has 6 nitrogen and oxygen atoms in total. The number of ether oxygens (including phenoxy) is 1. The molecule has 2 aromatic carbocycles. The van der Waals surface area contributed by atoms with Crippen LogP contribution in [0.15, 0.2) is 40.9 Å². The number of nitriles is 1. The van der Waals surface area contributed by atoms with Gasteiger partial charge in [-0.2, -0.15) is 5.26 Å². The first-order valence-corrected chi connectivity index (χ1v) is 7.18. The molecule has 0 fully saturated rings. The van der Waals surface area contributed by atoms with Crippen molar-refractivity contribution in [3.05, 3.63) is 62.1 Å². The van der Waals surface area contributed by atoms with Gasteiger partial charge >= 0.3 is 5.69 Å². The highest BCUT2D eigenvalue weighted by atomic mass is 79.9. The molecule has 0 bridgehead atoms. The average molecular weight is 375 g/mol. The molecule has 0 aliphatic carbocycles. The Hall–Kier alpha value is -2.85. The highest BCUT2D eigenvalue weighted by molar-refractivity contribution is 9.10. The Bertz CT molecular complexity index is 823. The lowest BCUT2D eigenvalue weighted by molar-refractivity contribution is -0.386. The Morgan fingerprint density at radius 3 is 2.57 bits per heavy atom. The van der Waals surface area contributed by atoms with E-state index in [2.05, 4.69) is 22.0 Å². The molecule has 0 aliphatic rings. The summed E-state index contributed by atoms with van der Waals surface area (Å²) >= 11 is 3.31. The Labute approximate surface area is 140 Å². The van der Waals surface area contributed by atoms with Crippen LogP contribution in [0.25, 0.3) is 11.6 Å². The summed E-state index contributed by atoms with van der Waals surface area (Å²) in [5, 5.41) is 30.1. The summed E-state index contributed by atoms with van der Waals surface area (Å²) < 4.78 is 5.82. The molecular formula is C16H11BrN2O4. The van der Waals surface area contributed by atoms with Crippen LogP contribution in [0.5, 0.6) is 11.5 Å². The molecule has 0 radical (unpaired) electrons. The van der Waals surface area contributed by atoms with Gasteiger partial charge in [0.25, 0.3) is 0 Å². The lowest BCUT2D eigenvalue weighted by Gasteiger charge is -2.06. The molecule has 2 rings (SSSR count). The molecule has 0 saturated heterocycles. The Morgan fingerprint density at radius 1 is 1.39 bits per heavy atom. The minimum Gasteiger partial charge on any atom is -0.500 e. The summed E-state index contributed by atoms with van der Waals surface area (Å²) in [5.41, 5.74) is 0.902. The van der Waals surface area contributed by atoms with Crippen LogP contribution in [0.2, 0.25) is 0 Å². The Morgan fingerprint density at radius 2 is 2.04 bits per heavy atom. The molecule has 0 aliphatic heterocycles. The van der Waals surface area contributed by atoms with Gasteiger partial charge in [0.15, 0.2) is 5.75 Å². The van der Waals surface area contributed by atoms with Crippen LogP contribution < -0.4 is 4.74 Å². The number of allylic oxidation sites excluding steroid dienone is 1. The van der Waals surface area contributed by atoms with Gasteiger partial charge in [-0.15, -0.1) is 0 Å². The van der Waals surface area contributed by atoms with Gasteiger partial charge in [-0.3, -0.25) is 10.1 Å². The second-order valence-electron chi connectivity index (χ2n) is 4.52. The third-order valence-electron chi connectivity index (χ3n) is 3.08. The van der Waals surface area contributed by atoms with E-state index in [9.17, 15) is 20.5 Å². The lowest BCUT2D eigenvalue weighted by atomic mass is 10.0. The van der Waals surface area contributed by atoms with Gasteiger partial charge in [0.05, 0.1) is 23.7 Å². The number of hydrogen-bond acceptors (Lipinski definition) is 5. The first-order chi connectivity index (χ1) is 11.0. The van der Waals surface area contributed by atoms with Crippen molar-refractivity contribution in [2.24, 2.45) is 0 Å². The maximum Gasteiger partial charge on any atom is 0.315 e. The van der Waals surface area contributed by atoms with E-state index >= 15 is 0 Å². The van der Waals surface area contributed by atoms with Gasteiger partial charge in [-0.05, 0) is 35.4 Å². The fourth-order valence-electron chi connectivity index (χ4n) is 1.97. The summed E-state index contributed by atoms with van der Waals surface area (Å²) in [5.74, 6) is -0.574. The second kappa shape index (κ2) is 6.94. The van der Waals surface area contributed by atoms with E-state index in [0.29, 0.717) is 16.7 Å². The molecule has 0 aromatic heterocycles. The third-order valence-corrected chi connectivity index (χ3v) is 3.61. The SMILES string of the molecule is COc1cc(C=C(C#N)c2ccc(Br)cc2)cc([N+](=O)[O-])c1O. The number of phenolic OH excluding ortho intramolecular Hbond substituents is 1. The van der Waals surface area contributed by atoms with Crippen LogP contribution in [0, 0.1) is 21.4 Å². The number of methoxy groups -OCH3 is 1. The van der Waals surface area contributed by atoms with Crippen molar-refractivity contribution in [3.63, 3.8) is 0 Å². The van der Waals surface area contributed by atoms with Crippen molar-refractivity contribution in [2.75, 3.05) is 7.11 Å². The van der Waals surface area contributed by atoms with Crippen molar-refractivity contribution >= 4 is 33.3 Å². The van der Waals surface area contributed by atoms with Crippen LogP contribution in [0.1, 0.15) is 11.1 Å². The van der Waals surface area contributed by atoms with E-state index in [4.69, 9.17) is 4.74 Å². The van der Waals surface area contributed by atoms with Gasteiger partial charge in [0.2, 0.25) is 5.75 Å². The topological polar surface area (TPSA) is 96.4 Å². The zero-order valence-corrected chi connectivity index (χ0v) is 13.6. The quantitative estimate of drug-likeness (QED) is 0.375. The fourth-order valence-corrected chi connectivity index (χ4v) is 2.23. The van der Waals surface area contributed by atoms with E-state index in [1.165, 1.54) is 25.3 Å². The molecule has 2 aromatic rings. The van der Waals surface area contributed by atoms with Gasteiger partial charge in [-0.25, -0.2) is 0 Å². The first-order valence-electron chi connectivity index (χ1n) is 6.39. The number of nitrogens with zero attached hydrogens (tertiary/aromatic N) is 2. The van der Waals surface area contributed by atoms with Gasteiger partial charge in [0.1, 0.15) is 0 Å². The minimum absolute atomic E-state index is 0.0291. The van der Waals surface area contributed by atoms with Crippen LogP contribution in [-0.4, -0.2) is 17.1 Å². The lowest BCUT2D eigenvalue weighted by Crippen LogP contribution is -1.93. The third kappa shape index (κ3) is 3.67. The molecule has 0 saturated carbocycles. The highest BCUT2D eigenvalue weighted by Gasteiger charge is 2.19. The molecule has 7 heteroatoms. The van der Waals surface area contributed by atoms with E-state index < -0.39 is 16.4 Å². The van der Waals surface area contributed by atoms with E-state index in [-0.39, 0.29) is 5.75 Å². The number of hydrogen-bond donors (Lipinski definition) is 1. The number of halogens is 1. The average Bonchev–Trinajstić information content (AvgIpc) is 2.54. The smallest absolute Gasteiger partial charge is 0.315 e. The molecule has 0 unspecified atom stereocenters. The number of nitro groups is 1. The molecule has 1 N–H and O–H groups in total. The summed E-state index contributed by atoms with van der Waals surface area (Å²) in [6.45, 7) is 0. The number of aromatic hydroxyl groups is 1. The monoisotopic (exact) mass is 374 g/mol.